The Balaban J connectivity index is 0. The van der Waals surface area contributed by atoms with Crippen LogP contribution in [0.1, 0.15) is 110 Å². The van der Waals surface area contributed by atoms with Gasteiger partial charge in [-0.2, -0.15) is 0 Å². The van der Waals surface area contributed by atoms with E-state index in [2.05, 4.69) is 6.92 Å². The van der Waals surface area contributed by atoms with Crippen molar-refractivity contribution < 1.29 is 19.8 Å². The Kier molecular flexibility index (Phi) is 24.8. The Bertz CT molecular complexity index is 345. The second-order valence-electron chi connectivity index (χ2n) is 7.60. The molecule has 0 bridgehead atoms. The molecule has 28 heavy (non-hydrogen) atoms. The van der Waals surface area contributed by atoms with E-state index in [1.165, 1.54) is 57.8 Å². The maximum Gasteiger partial charge on any atom is 0.307 e. The van der Waals surface area contributed by atoms with Gasteiger partial charge in [-0.3, -0.25) is 9.59 Å². The first kappa shape index (κ1) is 29.1. The van der Waals surface area contributed by atoms with E-state index in [0.29, 0.717) is 6.42 Å². The highest BCUT2D eigenvalue weighted by atomic mass is 16.4. The lowest BCUT2D eigenvalue weighted by molar-refractivity contribution is -0.148. The molecule has 0 aliphatic heterocycles. The van der Waals surface area contributed by atoms with Gasteiger partial charge in [-0.05, 0) is 32.4 Å². The molecule has 6 nitrogen and oxygen atoms in total. The highest BCUT2D eigenvalue weighted by Gasteiger charge is 2.20. The lowest BCUT2D eigenvalue weighted by atomic mass is 9.97. The summed E-state index contributed by atoms with van der Waals surface area (Å²) in [7, 11) is 0. The van der Waals surface area contributed by atoms with E-state index in [-0.39, 0.29) is 6.42 Å². The van der Waals surface area contributed by atoms with Crippen LogP contribution in [0.2, 0.25) is 0 Å². The minimum atomic E-state index is -1.02. The average Bonchev–Trinajstić information content (AvgIpc) is 2.66. The fourth-order valence-electron chi connectivity index (χ4n) is 3.04. The third kappa shape index (κ3) is 24.9. The molecule has 0 aromatic heterocycles. The molecule has 0 rings (SSSR count). The average molecular weight is 403 g/mol. The summed E-state index contributed by atoms with van der Waals surface area (Å²) in [5.41, 5.74) is 10.6. The number of carbonyl (C=O) groups is 2. The Labute approximate surface area is 172 Å². The highest BCUT2D eigenvalue weighted by Crippen LogP contribution is 2.16. The number of rotatable bonds is 19. The Morgan fingerprint density at radius 3 is 1.43 bits per heavy atom. The second kappa shape index (κ2) is 23.9. The van der Waals surface area contributed by atoms with Crippen LogP contribution in [0, 0.1) is 5.92 Å². The maximum absolute atomic E-state index is 10.9. The molecule has 0 heterocycles. The molecular formula is C22H46N2O4. The van der Waals surface area contributed by atoms with Crippen molar-refractivity contribution in [1.82, 2.24) is 0 Å². The highest BCUT2D eigenvalue weighted by molar-refractivity contribution is 5.77. The smallest absolute Gasteiger partial charge is 0.307 e. The van der Waals surface area contributed by atoms with Crippen molar-refractivity contribution in [2.75, 3.05) is 13.1 Å². The lowest BCUT2D eigenvalue weighted by Gasteiger charge is -2.09. The number of carboxylic acids is 2. The quantitative estimate of drug-likeness (QED) is 0.227. The first-order valence-electron chi connectivity index (χ1n) is 11.3. The third-order valence-electron chi connectivity index (χ3n) is 4.83. The normalized spacial score (nSPS) is 11.5. The first-order chi connectivity index (χ1) is 13.5. The van der Waals surface area contributed by atoms with Gasteiger partial charge in [0.15, 0.2) is 0 Å². The Morgan fingerprint density at radius 2 is 1.07 bits per heavy atom. The predicted octanol–water partition coefficient (Wildman–Crippen LogP) is 4.94. The molecule has 0 saturated carbocycles. The molecule has 0 fully saturated rings. The summed E-state index contributed by atoms with van der Waals surface area (Å²) in [5.74, 6) is -2.73. The van der Waals surface area contributed by atoms with Crippen molar-refractivity contribution in [3.63, 3.8) is 0 Å². The fourth-order valence-corrected chi connectivity index (χ4v) is 3.04. The molecule has 0 spiro atoms. The van der Waals surface area contributed by atoms with Crippen LogP contribution in [0.3, 0.4) is 0 Å². The fraction of sp³-hybridized carbons (Fsp3) is 0.909. The van der Waals surface area contributed by atoms with Crippen molar-refractivity contribution in [3.8, 4) is 0 Å². The molecule has 0 aromatic carbocycles. The SMILES string of the molecule is CCCCCCCCCCCCC(CC(=O)O)C(=O)O.NCCCCCCN. The van der Waals surface area contributed by atoms with Crippen molar-refractivity contribution >= 4 is 11.9 Å². The van der Waals surface area contributed by atoms with Crippen LogP contribution in [0.25, 0.3) is 0 Å². The van der Waals surface area contributed by atoms with E-state index < -0.39 is 17.9 Å². The molecule has 0 radical (unpaired) electrons. The Hall–Kier alpha value is -1.14. The van der Waals surface area contributed by atoms with Crippen LogP contribution in [0.4, 0.5) is 0 Å². The second-order valence-corrected chi connectivity index (χ2v) is 7.60. The van der Waals surface area contributed by atoms with Crippen LogP contribution in [0.15, 0.2) is 0 Å². The van der Waals surface area contributed by atoms with Gasteiger partial charge in [-0.1, -0.05) is 84.0 Å². The van der Waals surface area contributed by atoms with Gasteiger partial charge in [0.05, 0.1) is 12.3 Å². The van der Waals surface area contributed by atoms with E-state index in [1.54, 1.807) is 0 Å². The van der Waals surface area contributed by atoms with Gasteiger partial charge in [0, 0.05) is 0 Å². The zero-order chi connectivity index (χ0) is 21.5. The molecule has 0 saturated heterocycles. The van der Waals surface area contributed by atoms with E-state index in [9.17, 15) is 9.59 Å². The zero-order valence-electron chi connectivity index (χ0n) is 18.2. The molecule has 6 N–H and O–H groups in total. The summed E-state index contributed by atoms with van der Waals surface area (Å²) in [4.78, 5) is 21.4. The Morgan fingerprint density at radius 1 is 0.679 bits per heavy atom. The molecule has 1 unspecified atom stereocenters. The van der Waals surface area contributed by atoms with Crippen molar-refractivity contribution in [2.45, 2.75) is 110 Å². The molecule has 0 aliphatic carbocycles. The largest absolute Gasteiger partial charge is 0.481 e. The molecule has 0 amide bonds. The molecule has 0 aromatic rings. The van der Waals surface area contributed by atoms with Crippen LogP contribution >= 0.6 is 0 Å². The van der Waals surface area contributed by atoms with E-state index in [0.717, 1.165) is 45.2 Å². The number of nitrogens with two attached hydrogens (primary N) is 2. The molecule has 6 heteroatoms. The van der Waals surface area contributed by atoms with Gasteiger partial charge in [0.2, 0.25) is 0 Å². The lowest BCUT2D eigenvalue weighted by Crippen LogP contribution is -2.17. The monoisotopic (exact) mass is 402 g/mol. The number of aliphatic carboxylic acids is 2. The minimum absolute atomic E-state index is 0.257. The summed E-state index contributed by atoms with van der Waals surface area (Å²) in [5, 5.41) is 17.5. The van der Waals surface area contributed by atoms with Gasteiger partial charge < -0.3 is 21.7 Å². The topological polar surface area (TPSA) is 127 Å². The van der Waals surface area contributed by atoms with Crippen molar-refractivity contribution in [1.29, 1.82) is 0 Å². The van der Waals surface area contributed by atoms with Crippen molar-refractivity contribution in [3.05, 3.63) is 0 Å². The van der Waals surface area contributed by atoms with Crippen LogP contribution in [-0.4, -0.2) is 35.2 Å². The predicted molar refractivity (Wildman–Crippen MR) is 116 cm³/mol. The molecule has 168 valence electrons. The minimum Gasteiger partial charge on any atom is -0.481 e. The van der Waals surface area contributed by atoms with Crippen LogP contribution < -0.4 is 11.5 Å². The van der Waals surface area contributed by atoms with Gasteiger partial charge >= 0.3 is 11.9 Å². The maximum atomic E-state index is 10.9. The third-order valence-corrected chi connectivity index (χ3v) is 4.83. The number of hydrogen-bond acceptors (Lipinski definition) is 4. The first-order valence-corrected chi connectivity index (χ1v) is 11.3. The van der Waals surface area contributed by atoms with E-state index >= 15 is 0 Å². The van der Waals surface area contributed by atoms with Crippen LogP contribution in [0.5, 0.6) is 0 Å². The number of hydrogen-bond donors (Lipinski definition) is 4. The number of carboxylic acid groups (broad SMARTS) is 2. The molecule has 0 aliphatic rings. The van der Waals surface area contributed by atoms with E-state index in [1.807, 2.05) is 0 Å². The van der Waals surface area contributed by atoms with Crippen LogP contribution in [-0.2, 0) is 9.59 Å². The summed E-state index contributed by atoms with van der Waals surface area (Å²) >= 11 is 0. The van der Waals surface area contributed by atoms with Crippen molar-refractivity contribution in [2.24, 2.45) is 17.4 Å². The molecular weight excluding hydrogens is 356 g/mol. The van der Waals surface area contributed by atoms with Gasteiger partial charge in [0.1, 0.15) is 0 Å². The summed E-state index contributed by atoms with van der Waals surface area (Å²) in [6.45, 7) is 3.86. The number of unbranched alkanes of at least 4 members (excludes halogenated alkanes) is 12. The summed E-state index contributed by atoms with van der Waals surface area (Å²) in [6.07, 6.45) is 17.0. The zero-order valence-corrected chi connectivity index (χ0v) is 18.2. The summed E-state index contributed by atoms with van der Waals surface area (Å²) < 4.78 is 0. The van der Waals surface area contributed by atoms with E-state index in [4.69, 9.17) is 21.7 Å². The van der Waals surface area contributed by atoms with Gasteiger partial charge in [-0.25, -0.2) is 0 Å². The molecule has 1 atom stereocenters. The standard InChI is InChI=1S/C16H30O4.C6H16N2/c1-2-3-4-5-6-7-8-9-10-11-12-14(16(19)20)13-15(17)18;7-5-3-1-2-4-6-8/h14H,2-13H2,1H3,(H,17,18)(H,19,20);1-8H2. The van der Waals surface area contributed by atoms with Gasteiger partial charge in [-0.15, -0.1) is 0 Å². The van der Waals surface area contributed by atoms with Gasteiger partial charge in [0.25, 0.3) is 0 Å². The summed E-state index contributed by atoms with van der Waals surface area (Å²) in [6, 6.07) is 0.